The zero-order valence-electron chi connectivity index (χ0n) is 25.1. The van der Waals surface area contributed by atoms with Gasteiger partial charge in [0, 0.05) is 54.2 Å². The molecule has 1 aromatic heterocycles. The first-order chi connectivity index (χ1) is 20.3. The van der Waals surface area contributed by atoms with Crippen LogP contribution in [0.3, 0.4) is 0 Å². The largest absolute Gasteiger partial charge is 0.497 e. The number of hydrogen-bond donors (Lipinski definition) is 1. The minimum atomic E-state index is -0.383. The van der Waals surface area contributed by atoms with Crippen LogP contribution in [0.15, 0.2) is 79.0 Å². The van der Waals surface area contributed by atoms with E-state index in [0.29, 0.717) is 6.54 Å². The molecule has 0 aliphatic carbocycles. The smallest absolute Gasteiger partial charge is 0.269 e. The van der Waals surface area contributed by atoms with Crippen molar-refractivity contribution < 1.29 is 14.5 Å². The molecule has 1 heterocycles. The molecule has 0 spiro atoms. The maximum Gasteiger partial charge on any atom is 0.269 e. The Hall–Kier alpha value is -4.17. The van der Waals surface area contributed by atoms with Gasteiger partial charge in [-0.05, 0) is 74.3 Å². The van der Waals surface area contributed by atoms with E-state index in [1.807, 2.05) is 49.4 Å². The zero-order valence-corrected chi connectivity index (χ0v) is 25.1. The second kappa shape index (κ2) is 14.6. The maximum atomic E-state index is 13.5. The lowest BCUT2D eigenvalue weighted by Gasteiger charge is -2.21. The molecule has 0 bridgehead atoms. The Labute approximate surface area is 248 Å². The van der Waals surface area contributed by atoms with E-state index in [1.165, 1.54) is 6.07 Å². The van der Waals surface area contributed by atoms with Crippen molar-refractivity contribution >= 4 is 22.5 Å². The van der Waals surface area contributed by atoms with Crippen LogP contribution < -0.4 is 10.1 Å². The fourth-order valence-corrected chi connectivity index (χ4v) is 5.63. The zero-order chi connectivity index (χ0) is 30.1. The standard InChI is InChI=1S/C34H42N4O4/c1-5-36(6-2)20-10-11-25(3)35-34(39)22-31(27-12-9-13-28(21-27)38(40)41)32-24-37(33-15-8-7-14-30(32)33)23-26-16-18-29(42-4)19-17-26/h7-9,12-19,21,24-25,31H,5-6,10-11,20,22-23H2,1-4H3,(H,35,39). The number of nitro groups is 1. The molecule has 4 aromatic rings. The average Bonchev–Trinajstić information content (AvgIpc) is 3.36. The topological polar surface area (TPSA) is 89.6 Å². The number of carbonyl (C=O) groups is 1. The molecule has 42 heavy (non-hydrogen) atoms. The summed E-state index contributed by atoms with van der Waals surface area (Å²) in [6, 6.07) is 22.8. The van der Waals surface area contributed by atoms with E-state index in [-0.39, 0.29) is 34.9 Å². The summed E-state index contributed by atoms with van der Waals surface area (Å²) >= 11 is 0. The first-order valence-corrected chi connectivity index (χ1v) is 14.8. The van der Waals surface area contributed by atoms with Crippen molar-refractivity contribution in [3.05, 3.63) is 106 Å². The van der Waals surface area contributed by atoms with Crippen molar-refractivity contribution in [2.75, 3.05) is 26.7 Å². The van der Waals surface area contributed by atoms with Gasteiger partial charge in [0.15, 0.2) is 0 Å². The minimum absolute atomic E-state index is 0.0182. The molecule has 0 saturated heterocycles. The Bertz CT molecular complexity index is 1480. The fourth-order valence-electron chi connectivity index (χ4n) is 5.63. The number of benzene rings is 3. The number of aromatic nitrogens is 1. The predicted molar refractivity (Wildman–Crippen MR) is 168 cm³/mol. The highest BCUT2D eigenvalue weighted by atomic mass is 16.6. The molecule has 0 saturated carbocycles. The minimum Gasteiger partial charge on any atom is -0.497 e. The normalized spacial score (nSPS) is 12.8. The summed E-state index contributed by atoms with van der Waals surface area (Å²) in [7, 11) is 1.65. The van der Waals surface area contributed by atoms with Gasteiger partial charge in [-0.2, -0.15) is 0 Å². The molecule has 0 radical (unpaired) electrons. The molecule has 2 unspecified atom stereocenters. The summed E-state index contributed by atoms with van der Waals surface area (Å²) in [5.41, 5.74) is 3.91. The quantitative estimate of drug-likeness (QED) is 0.126. The number of para-hydroxylation sites is 1. The average molecular weight is 571 g/mol. The SMILES string of the molecule is CCN(CC)CCCC(C)NC(=O)CC(c1cccc([N+](=O)[O-])c1)c1cn(Cc2ccc(OC)cc2)c2ccccc12. The second-order valence-corrected chi connectivity index (χ2v) is 10.8. The molecule has 0 aliphatic rings. The second-order valence-electron chi connectivity index (χ2n) is 10.8. The summed E-state index contributed by atoms with van der Waals surface area (Å²) in [5.74, 6) is 0.388. The molecule has 0 aliphatic heterocycles. The number of amides is 1. The summed E-state index contributed by atoms with van der Waals surface area (Å²) in [5, 5.41) is 15.9. The molecular formula is C34H42N4O4. The number of nitrogens with one attached hydrogen (secondary N) is 1. The van der Waals surface area contributed by atoms with Crippen molar-refractivity contribution in [1.29, 1.82) is 0 Å². The van der Waals surface area contributed by atoms with Gasteiger partial charge in [-0.15, -0.1) is 0 Å². The monoisotopic (exact) mass is 570 g/mol. The van der Waals surface area contributed by atoms with Gasteiger partial charge in [0.1, 0.15) is 5.75 Å². The van der Waals surface area contributed by atoms with Crippen molar-refractivity contribution in [2.24, 2.45) is 0 Å². The van der Waals surface area contributed by atoms with Crippen LogP contribution in [0.5, 0.6) is 5.75 Å². The number of methoxy groups -OCH3 is 1. The third kappa shape index (κ3) is 7.76. The lowest BCUT2D eigenvalue weighted by molar-refractivity contribution is -0.384. The third-order valence-corrected chi connectivity index (χ3v) is 7.99. The number of non-ortho nitro benzene ring substituents is 1. The van der Waals surface area contributed by atoms with E-state index in [4.69, 9.17) is 4.74 Å². The highest BCUT2D eigenvalue weighted by Gasteiger charge is 2.25. The van der Waals surface area contributed by atoms with Crippen molar-refractivity contribution in [1.82, 2.24) is 14.8 Å². The molecule has 8 heteroatoms. The number of fused-ring (bicyclic) bond motifs is 1. The Morgan fingerprint density at radius 1 is 1.05 bits per heavy atom. The molecule has 0 fully saturated rings. The number of nitro benzene ring substituents is 1. The molecule has 1 amide bonds. The van der Waals surface area contributed by atoms with Crippen molar-refractivity contribution in [3.8, 4) is 5.75 Å². The van der Waals surface area contributed by atoms with Crippen molar-refractivity contribution in [2.45, 2.75) is 58.5 Å². The molecule has 3 aromatic carbocycles. The summed E-state index contributed by atoms with van der Waals surface area (Å²) in [6.45, 7) is 10.1. The predicted octanol–water partition coefficient (Wildman–Crippen LogP) is 6.76. The third-order valence-electron chi connectivity index (χ3n) is 7.99. The Morgan fingerprint density at radius 3 is 2.48 bits per heavy atom. The number of ether oxygens (including phenoxy) is 1. The first-order valence-electron chi connectivity index (χ1n) is 14.8. The summed E-state index contributed by atoms with van der Waals surface area (Å²) in [4.78, 5) is 27.1. The fraction of sp³-hybridized carbons (Fsp3) is 0.382. The number of hydrogen-bond acceptors (Lipinski definition) is 5. The van der Waals surface area contributed by atoms with Crippen LogP contribution in [-0.4, -0.2) is 53.1 Å². The summed E-state index contributed by atoms with van der Waals surface area (Å²) < 4.78 is 7.50. The van der Waals surface area contributed by atoms with E-state index in [2.05, 4.69) is 47.0 Å². The Balaban J connectivity index is 1.63. The molecular weight excluding hydrogens is 528 g/mol. The van der Waals surface area contributed by atoms with Crippen LogP contribution in [0, 0.1) is 10.1 Å². The first kappa shape index (κ1) is 30.8. The maximum absolute atomic E-state index is 13.5. The van der Waals surface area contributed by atoms with E-state index < -0.39 is 0 Å². The highest BCUT2D eigenvalue weighted by molar-refractivity contribution is 5.87. The lowest BCUT2D eigenvalue weighted by atomic mass is 9.87. The van der Waals surface area contributed by atoms with Gasteiger partial charge in [0.05, 0.1) is 12.0 Å². The van der Waals surface area contributed by atoms with Crippen LogP contribution in [0.25, 0.3) is 10.9 Å². The van der Waals surface area contributed by atoms with E-state index in [1.54, 1.807) is 19.2 Å². The van der Waals surface area contributed by atoms with Crippen LogP contribution in [0.1, 0.15) is 62.6 Å². The van der Waals surface area contributed by atoms with E-state index in [9.17, 15) is 14.9 Å². The van der Waals surface area contributed by atoms with Gasteiger partial charge in [0.2, 0.25) is 5.91 Å². The lowest BCUT2D eigenvalue weighted by Crippen LogP contribution is -2.34. The molecule has 4 rings (SSSR count). The highest BCUT2D eigenvalue weighted by Crippen LogP contribution is 2.36. The van der Waals surface area contributed by atoms with Gasteiger partial charge in [-0.25, -0.2) is 0 Å². The van der Waals surface area contributed by atoms with Crippen LogP contribution >= 0.6 is 0 Å². The van der Waals surface area contributed by atoms with Gasteiger partial charge in [-0.1, -0.05) is 56.3 Å². The van der Waals surface area contributed by atoms with Crippen LogP contribution in [0.2, 0.25) is 0 Å². The van der Waals surface area contributed by atoms with Crippen LogP contribution in [0.4, 0.5) is 5.69 Å². The number of nitrogens with zero attached hydrogens (tertiary/aromatic N) is 3. The van der Waals surface area contributed by atoms with Gasteiger partial charge in [-0.3, -0.25) is 14.9 Å². The van der Waals surface area contributed by atoms with E-state index >= 15 is 0 Å². The molecule has 2 atom stereocenters. The Morgan fingerprint density at radius 2 is 1.79 bits per heavy atom. The number of carbonyl (C=O) groups excluding carboxylic acids is 1. The number of rotatable bonds is 15. The van der Waals surface area contributed by atoms with Gasteiger partial charge < -0.3 is 19.5 Å². The molecule has 222 valence electrons. The van der Waals surface area contributed by atoms with Gasteiger partial charge in [0.25, 0.3) is 5.69 Å². The summed E-state index contributed by atoms with van der Waals surface area (Å²) in [6.07, 6.45) is 4.19. The van der Waals surface area contributed by atoms with Crippen LogP contribution in [-0.2, 0) is 11.3 Å². The molecule has 1 N–H and O–H groups in total. The van der Waals surface area contributed by atoms with E-state index in [0.717, 1.165) is 65.8 Å². The van der Waals surface area contributed by atoms with Crippen molar-refractivity contribution in [3.63, 3.8) is 0 Å². The van der Waals surface area contributed by atoms with Gasteiger partial charge >= 0.3 is 0 Å². The molecule has 8 nitrogen and oxygen atoms in total. The Kier molecular flexibility index (Phi) is 10.7.